The molecule has 0 aliphatic carbocycles. The first-order chi connectivity index (χ1) is 13.0. The molecule has 0 atom stereocenters. The zero-order chi connectivity index (χ0) is 19.2. The van der Waals surface area contributed by atoms with E-state index in [0.717, 1.165) is 35.9 Å². The Kier molecular flexibility index (Phi) is 6.41. The summed E-state index contributed by atoms with van der Waals surface area (Å²) < 4.78 is 0. The van der Waals surface area contributed by atoms with Crippen molar-refractivity contribution in [3.63, 3.8) is 0 Å². The fraction of sp³-hybridized carbons (Fsp3) is 0.421. The Labute approximate surface area is 163 Å². The van der Waals surface area contributed by atoms with E-state index in [2.05, 4.69) is 25.9 Å². The first kappa shape index (κ1) is 19.3. The lowest BCUT2D eigenvalue weighted by molar-refractivity contribution is 0.0963. The van der Waals surface area contributed by atoms with Gasteiger partial charge in [0.2, 0.25) is 0 Å². The molecule has 1 aliphatic rings. The third-order valence-corrected chi connectivity index (χ3v) is 5.39. The largest absolute Gasteiger partial charge is 0.355 e. The number of thiazole rings is 1. The van der Waals surface area contributed by atoms with Crippen LogP contribution >= 0.6 is 11.3 Å². The maximum absolute atomic E-state index is 12.4. The van der Waals surface area contributed by atoms with Crippen molar-refractivity contribution in [3.05, 3.63) is 51.5 Å². The van der Waals surface area contributed by atoms with Gasteiger partial charge < -0.3 is 15.5 Å². The molecule has 7 nitrogen and oxygen atoms in total. The molecule has 0 saturated carbocycles. The van der Waals surface area contributed by atoms with Crippen molar-refractivity contribution in [2.75, 3.05) is 33.2 Å². The van der Waals surface area contributed by atoms with Gasteiger partial charge in [-0.15, -0.1) is 11.3 Å². The number of hydrogen-bond donors (Lipinski definition) is 2. The summed E-state index contributed by atoms with van der Waals surface area (Å²) >= 11 is 1.67. The van der Waals surface area contributed by atoms with Crippen molar-refractivity contribution in [1.82, 2.24) is 25.4 Å². The molecule has 3 rings (SSSR count). The smallest absolute Gasteiger partial charge is 0.317 e. The molecule has 3 amide bonds. The summed E-state index contributed by atoms with van der Waals surface area (Å²) in [5.74, 6) is -0.130. The van der Waals surface area contributed by atoms with E-state index >= 15 is 0 Å². The van der Waals surface area contributed by atoms with Crippen molar-refractivity contribution in [2.45, 2.75) is 20.0 Å². The van der Waals surface area contributed by atoms with Crippen LogP contribution in [0.2, 0.25) is 0 Å². The molecule has 2 heterocycles. The fourth-order valence-corrected chi connectivity index (χ4v) is 3.68. The standard InChI is InChI=1S/C19H25N5O2S/c1-14-22-17(13-27-14)12-23-6-8-24(9-7-23)19(26)21-11-15-4-3-5-16(10-15)18(25)20-2/h3-5,10,13H,6-9,11-12H2,1-2H3,(H,20,25)(H,21,26). The number of carbonyl (C=O) groups is 2. The minimum absolute atomic E-state index is 0.0653. The minimum Gasteiger partial charge on any atom is -0.355 e. The molecule has 1 aromatic heterocycles. The molecule has 0 spiro atoms. The number of aryl methyl sites for hydroxylation is 1. The van der Waals surface area contributed by atoms with Gasteiger partial charge in [-0.25, -0.2) is 9.78 Å². The predicted molar refractivity (Wildman–Crippen MR) is 106 cm³/mol. The molecule has 0 bridgehead atoms. The number of carbonyl (C=O) groups excluding carboxylic acids is 2. The SMILES string of the molecule is CNC(=O)c1cccc(CNC(=O)N2CCN(Cc3csc(C)n3)CC2)c1. The van der Waals surface area contributed by atoms with Crippen LogP contribution in [0.4, 0.5) is 4.79 Å². The van der Waals surface area contributed by atoms with E-state index in [4.69, 9.17) is 0 Å². The number of nitrogens with one attached hydrogen (secondary N) is 2. The molecule has 1 aromatic carbocycles. The summed E-state index contributed by atoms with van der Waals surface area (Å²) in [5.41, 5.74) is 2.60. The van der Waals surface area contributed by atoms with Crippen LogP contribution in [0.25, 0.3) is 0 Å². The first-order valence-corrected chi connectivity index (χ1v) is 9.90. The van der Waals surface area contributed by atoms with Gasteiger partial charge in [-0.1, -0.05) is 12.1 Å². The molecule has 8 heteroatoms. The average Bonchev–Trinajstić information content (AvgIpc) is 3.11. The van der Waals surface area contributed by atoms with Crippen LogP contribution in [0.3, 0.4) is 0 Å². The van der Waals surface area contributed by atoms with Crippen molar-refractivity contribution in [3.8, 4) is 0 Å². The number of amides is 3. The second-order valence-electron chi connectivity index (χ2n) is 6.56. The van der Waals surface area contributed by atoms with Gasteiger partial charge in [0.15, 0.2) is 0 Å². The average molecular weight is 388 g/mol. The number of nitrogens with zero attached hydrogens (tertiary/aromatic N) is 3. The van der Waals surface area contributed by atoms with E-state index < -0.39 is 0 Å². The number of hydrogen-bond acceptors (Lipinski definition) is 5. The molecular weight excluding hydrogens is 362 g/mol. The van der Waals surface area contributed by atoms with E-state index in [9.17, 15) is 9.59 Å². The molecule has 2 aromatic rings. The molecule has 0 radical (unpaired) electrons. The monoisotopic (exact) mass is 387 g/mol. The van der Waals surface area contributed by atoms with Crippen LogP contribution < -0.4 is 10.6 Å². The fourth-order valence-electron chi connectivity index (χ4n) is 3.08. The van der Waals surface area contributed by atoms with E-state index in [-0.39, 0.29) is 11.9 Å². The number of aromatic nitrogens is 1. The van der Waals surface area contributed by atoms with Gasteiger partial charge in [0.05, 0.1) is 10.7 Å². The van der Waals surface area contributed by atoms with Crippen LogP contribution in [0.15, 0.2) is 29.6 Å². The maximum atomic E-state index is 12.4. The van der Waals surface area contributed by atoms with Crippen molar-refractivity contribution >= 4 is 23.3 Å². The lowest BCUT2D eigenvalue weighted by Crippen LogP contribution is -2.51. The van der Waals surface area contributed by atoms with Crippen LogP contribution in [-0.2, 0) is 13.1 Å². The highest BCUT2D eigenvalue weighted by atomic mass is 32.1. The third-order valence-electron chi connectivity index (χ3n) is 4.57. The Morgan fingerprint density at radius 2 is 2.00 bits per heavy atom. The van der Waals surface area contributed by atoms with Crippen LogP contribution in [0.5, 0.6) is 0 Å². The van der Waals surface area contributed by atoms with Crippen molar-refractivity contribution < 1.29 is 9.59 Å². The Balaban J connectivity index is 1.45. The van der Waals surface area contributed by atoms with Gasteiger partial charge in [0.25, 0.3) is 5.91 Å². The summed E-state index contributed by atoms with van der Waals surface area (Å²) in [6, 6.07) is 7.22. The van der Waals surface area contributed by atoms with Crippen LogP contribution in [0, 0.1) is 6.92 Å². The quantitative estimate of drug-likeness (QED) is 0.821. The third kappa shape index (κ3) is 5.27. The Morgan fingerprint density at radius 3 is 2.67 bits per heavy atom. The molecule has 27 heavy (non-hydrogen) atoms. The van der Waals surface area contributed by atoms with Gasteiger partial charge >= 0.3 is 6.03 Å². The Morgan fingerprint density at radius 1 is 1.22 bits per heavy atom. The molecule has 1 aliphatic heterocycles. The van der Waals surface area contributed by atoms with Gasteiger partial charge in [-0.05, 0) is 24.6 Å². The van der Waals surface area contributed by atoms with Gasteiger partial charge in [0.1, 0.15) is 0 Å². The van der Waals surface area contributed by atoms with E-state index in [0.29, 0.717) is 25.2 Å². The van der Waals surface area contributed by atoms with Crippen molar-refractivity contribution in [2.24, 2.45) is 0 Å². The van der Waals surface area contributed by atoms with Crippen LogP contribution in [-0.4, -0.2) is 59.9 Å². The first-order valence-electron chi connectivity index (χ1n) is 9.02. The molecule has 1 saturated heterocycles. The highest BCUT2D eigenvalue weighted by Crippen LogP contribution is 2.12. The summed E-state index contributed by atoms with van der Waals surface area (Å²) in [7, 11) is 1.60. The lowest BCUT2D eigenvalue weighted by Gasteiger charge is -2.34. The molecular formula is C19H25N5O2S. The lowest BCUT2D eigenvalue weighted by atomic mass is 10.1. The zero-order valence-electron chi connectivity index (χ0n) is 15.7. The highest BCUT2D eigenvalue weighted by molar-refractivity contribution is 7.09. The normalized spacial score (nSPS) is 14.8. The highest BCUT2D eigenvalue weighted by Gasteiger charge is 2.21. The maximum Gasteiger partial charge on any atom is 0.317 e. The number of benzene rings is 1. The van der Waals surface area contributed by atoms with Gasteiger partial charge in [-0.2, -0.15) is 0 Å². The van der Waals surface area contributed by atoms with Gasteiger partial charge in [0, 0.05) is 57.3 Å². The number of piperazine rings is 1. The summed E-state index contributed by atoms with van der Waals surface area (Å²) in [4.78, 5) is 32.8. The Hall–Kier alpha value is -2.45. The Bertz CT molecular complexity index is 799. The van der Waals surface area contributed by atoms with Gasteiger partial charge in [-0.3, -0.25) is 9.69 Å². The predicted octanol–water partition coefficient (Wildman–Crippen LogP) is 1.84. The summed E-state index contributed by atoms with van der Waals surface area (Å²) in [5, 5.41) is 8.74. The summed E-state index contributed by atoms with van der Waals surface area (Å²) in [6.07, 6.45) is 0. The summed E-state index contributed by atoms with van der Waals surface area (Å²) in [6.45, 7) is 6.35. The van der Waals surface area contributed by atoms with E-state index in [1.165, 1.54) is 0 Å². The number of urea groups is 1. The topological polar surface area (TPSA) is 77.6 Å². The molecule has 1 fully saturated rings. The molecule has 144 valence electrons. The molecule has 0 unspecified atom stereocenters. The molecule has 2 N–H and O–H groups in total. The minimum atomic E-state index is -0.130. The van der Waals surface area contributed by atoms with E-state index in [1.807, 2.05) is 24.0 Å². The second kappa shape index (κ2) is 8.96. The van der Waals surface area contributed by atoms with Crippen molar-refractivity contribution in [1.29, 1.82) is 0 Å². The second-order valence-corrected chi connectivity index (χ2v) is 7.62. The van der Waals surface area contributed by atoms with E-state index in [1.54, 1.807) is 30.5 Å². The van der Waals surface area contributed by atoms with Crippen LogP contribution in [0.1, 0.15) is 26.6 Å². The zero-order valence-corrected chi connectivity index (χ0v) is 16.5. The number of rotatable bonds is 5.